The highest BCUT2D eigenvalue weighted by Crippen LogP contribution is 2.44. The molecule has 2 unspecified atom stereocenters. The molecule has 0 radical (unpaired) electrons. The van der Waals surface area contributed by atoms with E-state index in [-0.39, 0.29) is 42.7 Å². The van der Waals surface area contributed by atoms with E-state index in [0.717, 1.165) is 28.7 Å². The molecule has 1 fully saturated rings. The molecule has 2 aromatic carbocycles. The van der Waals surface area contributed by atoms with Crippen LogP contribution in [0.15, 0.2) is 65.1 Å². The average molecular weight is 475 g/mol. The summed E-state index contributed by atoms with van der Waals surface area (Å²) in [5.41, 5.74) is 4.61. The standard InChI is InChI=1S/C27H26N2O6/c30-25(28-14-16-12-13-24(35-16)26(31)32)21-10-5-11-23(21)29-27(33)34-15-22-19-8-3-1-6-17(19)18-7-2-4-9-20(18)22/h1-4,6-9,12-13,21-23H,5,10-11,14-15H2,(H,28,30)(H,29,33)(H,31,32). The molecule has 3 N–H and O–H groups in total. The summed E-state index contributed by atoms with van der Waals surface area (Å²) in [7, 11) is 0. The van der Waals surface area contributed by atoms with E-state index in [1.165, 1.54) is 12.1 Å². The summed E-state index contributed by atoms with van der Waals surface area (Å²) < 4.78 is 10.8. The van der Waals surface area contributed by atoms with Crippen LogP contribution in [0.1, 0.15) is 52.6 Å². The quantitative estimate of drug-likeness (QED) is 0.470. The number of carboxylic acids is 1. The van der Waals surface area contributed by atoms with E-state index < -0.39 is 12.1 Å². The molecule has 35 heavy (non-hydrogen) atoms. The number of alkyl carbamates (subject to hydrolysis) is 1. The van der Waals surface area contributed by atoms with Gasteiger partial charge in [0, 0.05) is 12.0 Å². The number of carbonyl (C=O) groups is 3. The number of carbonyl (C=O) groups excluding carboxylic acids is 2. The van der Waals surface area contributed by atoms with Crippen molar-refractivity contribution in [1.82, 2.24) is 10.6 Å². The number of benzene rings is 2. The maximum absolute atomic E-state index is 12.7. The fraction of sp³-hybridized carbons (Fsp3) is 0.296. The van der Waals surface area contributed by atoms with Crippen molar-refractivity contribution < 1.29 is 28.6 Å². The third-order valence-corrected chi connectivity index (χ3v) is 6.81. The largest absolute Gasteiger partial charge is 0.475 e. The maximum Gasteiger partial charge on any atom is 0.407 e. The SMILES string of the molecule is O=C(NC1CCCC1C(=O)NCc1ccc(C(=O)O)o1)OCC1c2ccccc2-c2ccccc21. The molecule has 8 nitrogen and oxygen atoms in total. The Kier molecular flexibility index (Phi) is 6.27. The normalized spacial score (nSPS) is 18.5. The molecular formula is C27H26N2O6. The Morgan fingerprint density at radius 2 is 1.63 bits per heavy atom. The fourth-order valence-electron chi connectivity index (χ4n) is 5.13. The van der Waals surface area contributed by atoms with E-state index in [1.807, 2.05) is 24.3 Å². The molecule has 2 amide bonds. The van der Waals surface area contributed by atoms with Gasteiger partial charge in [0.05, 0.1) is 12.5 Å². The average Bonchev–Trinajstić information content (AvgIpc) is 3.59. The lowest BCUT2D eigenvalue weighted by atomic mass is 9.98. The number of hydrogen-bond donors (Lipinski definition) is 3. The molecule has 3 aromatic rings. The lowest BCUT2D eigenvalue weighted by Crippen LogP contribution is -2.44. The van der Waals surface area contributed by atoms with Gasteiger partial charge in [-0.1, -0.05) is 55.0 Å². The molecular weight excluding hydrogens is 448 g/mol. The number of hydrogen-bond acceptors (Lipinski definition) is 5. The number of ether oxygens (including phenoxy) is 1. The second-order valence-electron chi connectivity index (χ2n) is 8.90. The molecule has 2 aliphatic rings. The van der Waals surface area contributed by atoms with Crippen molar-refractivity contribution in [3.63, 3.8) is 0 Å². The molecule has 1 saturated carbocycles. The second-order valence-corrected chi connectivity index (χ2v) is 8.90. The minimum Gasteiger partial charge on any atom is -0.475 e. The Labute approximate surface area is 202 Å². The maximum atomic E-state index is 12.7. The third-order valence-electron chi connectivity index (χ3n) is 6.81. The molecule has 2 atom stereocenters. The molecule has 0 spiro atoms. The Balaban J connectivity index is 1.16. The summed E-state index contributed by atoms with van der Waals surface area (Å²) in [5, 5.41) is 14.6. The highest BCUT2D eigenvalue weighted by atomic mass is 16.5. The molecule has 5 rings (SSSR count). The van der Waals surface area contributed by atoms with E-state index in [1.54, 1.807) is 0 Å². The third kappa shape index (κ3) is 4.64. The number of carboxylic acid groups (broad SMARTS) is 1. The predicted molar refractivity (Wildman–Crippen MR) is 127 cm³/mol. The monoisotopic (exact) mass is 474 g/mol. The van der Waals surface area contributed by atoms with Gasteiger partial charge in [0.2, 0.25) is 11.7 Å². The number of nitrogens with one attached hydrogen (secondary N) is 2. The van der Waals surface area contributed by atoms with Gasteiger partial charge in [0.1, 0.15) is 12.4 Å². The molecule has 2 aliphatic carbocycles. The summed E-state index contributed by atoms with van der Waals surface area (Å²) in [4.78, 5) is 36.3. The van der Waals surface area contributed by atoms with Crippen LogP contribution in [0.4, 0.5) is 4.79 Å². The van der Waals surface area contributed by atoms with Crippen molar-refractivity contribution in [3.8, 4) is 11.1 Å². The molecule has 1 heterocycles. The minimum atomic E-state index is -1.16. The second kappa shape index (κ2) is 9.66. The number of amides is 2. The van der Waals surface area contributed by atoms with E-state index in [9.17, 15) is 14.4 Å². The van der Waals surface area contributed by atoms with Crippen molar-refractivity contribution in [2.75, 3.05) is 6.61 Å². The topological polar surface area (TPSA) is 118 Å². The summed E-state index contributed by atoms with van der Waals surface area (Å²) in [6.07, 6.45) is 1.62. The number of rotatable bonds is 7. The summed E-state index contributed by atoms with van der Waals surface area (Å²) in [5.74, 6) is -1.60. The molecule has 8 heteroatoms. The Morgan fingerprint density at radius 1 is 0.943 bits per heavy atom. The molecule has 1 aromatic heterocycles. The van der Waals surface area contributed by atoms with Crippen LogP contribution < -0.4 is 10.6 Å². The zero-order chi connectivity index (χ0) is 24.4. The molecule has 0 saturated heterocycles. The van der Waals surface area contributed by atoms with Crippen LogP contribution in [-0.4, -0.2) is 35.7 Å². The van der Waals surface area contributed by atoms with Gasteiger partial charge in [0.25, 0.3) is 0 Å². The van der Waals surface area contributed by atoms with E-state index in [2.05, 4.69) is 34.9 Å². The first-order valence-electron chi connectivity index (χ1n) is 11.7. The smallest absolute Gasteiger partial charge is 0.407 e. The lowest BCUT2D eigenvalue weighted by Gasteiger charge is -2.21. The summed E-state index contributed by atoms with van der Waals surface area (Å²) in [6, 6.07) is 18.8. The van der Waals surface area contributed by atoms with Crippen LogP contribution in [0, 0.1) is 5.92 Å². The first-order chi connectivity index (χ1) is 17.0. The first-order valence-corrected chi connectivity index (χ1v) is 11.7. The Bertz CT molecular complexity index is 1220. The zero-order valence-electron chi connectivity index (χ0n) is 19.0. The lowest BCUT2D eigenvalue weighted by molar-refractivity contribution is -0.125. The predicted octanol–water partition coefficient (Wildman–Crippen LogP) is 4.30. The van der Waals surface area contributed by atoms with Crippen molar-refractivity contribution in [3.05, 3.63) is 83.3 Å². The zero-order valence-corrected chi connectivity index (χ0v) is 19.0. The number of fused-ring (bicyclic) bond motifs is 3. The van der Waals surface area contributed by atoms with E-state index >= 15 is 0 Å². The summed E-state index contributed by atoms with van der Waals surface area (Å²) in [6.45, 7) is 0.300. The van der Waals surface area contributed by atoms with Crippen LogP contribution >= 0.6 is 0 Å². The molecule has 180 valence electrons. The van der Waals surface area contributed by atoms with Crippen LogP contribution in [-0.2, 0) is 16.1 Å². The Morgan fingerprint density at radius 3 is 2.29 bits per heavy atom. The number of aromatic carboxylic acids is 1. The van der Waals surface area contributed by atoms with Gasteiger partial charge < -0.3 is 24.9 Å². The fourth-order valence-corrected chi connectivity index (χ4v) is 5.13. The van der Waals surface area contributed by atoms with Crippen molar-refractivity contribution in [2.24, 2.45) is 5.92 Å². The van der Waals surface area contributed by atoms with Crippen molar-refractivity contribution in [2.45, 2.75) is 37.8 Å². The first kappa shape index (κ1) is 22.7. The van der Waals surface area contributed by atoms with Crippen LogP contribution in [0.25, 0.3) is 11.1 Å². The van der Waals surface area contributed by atoms with Crippen LogP contribution in [0.2, 0.25) is 0 Å². The van der Waals surface area contributed by atoms with Gasteiger partial charge in [-0.25, -0.2) is 9.59 Å². The van der Waals surface area contributed by atoms with Gasteiger partial charge in [-0.3, -0.25) is 4.79 Å². The molecule has 0 bridgehead atoms. The van der Waals surface area contributed by atoms with Crippen LogP contribution in [0.3, 0.4) is 0 Å². The number of furan rings is 1. The van der Waals surface area contributed by atoms with Gasteiger partial charge in [-0.05, 0) is 47.2 Å². The van der Waals surface area contributed by atoms with Gasteiger partial charge in [0.15, 0.2) is 0 Å². The van der Waals surface area contributed by atoms with Gasteiger partial charge in [-0.15, -0.1) is 0 Å². The highest BCUT2D eigenvalue weighted by molar-refractivity contribution is 5.84. The highest BCUT2D eigenvalue weighted by Gasteiger charge is 2.35. The van der Waals surface area contributed by atoms with Crippen molar-refractivity contribution >= 4 is 18.0 Å². The summed E-state index contributed by atoms with van der Waals surface area (Å²) >= 11 is 0. The van der Waals surface area contributed by atoms with E-state index in [4.69, 9.17) is 14.3 Å². The van der Waals surface area contributed by atoms with E-state index in [0.29, 0.717) is 18.6 Å². The van der Waals surface area contributed by atoms with Crippen molar-refractivity contribution in [1.29, 1.82) is 0 Å². The van der Waals surface area contributed by atoms with Gasteiger partial charge in [-0.2, -0.15) is 0 Å². The molecule has 0 aliphatic heterocycles. The van der Waals surface area contributed by atoms with Gasteiger partial charge >= 0.3 is 12.1 Å². The minimum absolute atomic E-state index is 0.0280. The van der Waals surface area contributed by atoms with Crippen LogP contribution in [0.5, 0.6) is 0 Å². The Hall–Kier alpha value is -4.07.